The van der Waals surface area contributed by atoms with Gasteiger partial charge in [-0.15, -0.1) is 0 Å². The average Bonchev–Trinajstić information content (AvgIpc) is 3.66. The number of ether oxygens (including phenoxy) is 3. The van der Waals surface area contributed by atoms with Gasteiger partial charge < -0.3 is 44.9 Å². The van der Waals surface area contributed by atoms with Crippen LogP contribution in [0.2, 0.25) is 0 Å². The number of nitrogens with zero attached hydrogens (tertiary/aromatic N) is 3. The third kappa shape index (κ3) is 13.0. The fraction of sp³-hybridized carbons (Fsp3) is 0.700. The fourth-order valence-electron chi connectivity index (χ4n) is 7.56. The number of carbonyl (C=O) groups excluding carboxylic acids is 6. The third-order valence-electron chi connectivity index (χ3n) is 10.8. The van der Waals surface area contributed by atoms with Crippen LogP contribution in [0.1, 0.15) is 65.9 Å². The zero-order chi connectivity index (χ0) is 41.4. The van der Waals surface area contributed by atoms with Crippen LogP contribution in [0.25, 0.3) is 0 Å². The summed E-state index contributed by atoms with van der Waals surface area (Å²) in [6.45, 7) is 9.62. The molecule has 15 heteroatoms. The molecule has 1 aromatic carbocycles. The van der Waals surface area contributed by atoms with Crippen LogP contribution in [0.3, 0.4) is 0 Å². The summed E-state index contributed by atoms with van der Waals surface area (Å²) in [5.74, 6) is -3.18. The van der Waals surface area contributed by atoms with Crippen LogP contribution in [0.5, 0.6) is 0 Å². The van der Waals surface area contributed by atoms with Gasteiger partial charge in [0.15, 0.2) is 0 Å². The number of likely N-dealkylation sites (N-methyl/N-ethyl adjacent to an activating group) is 3. The Hall–Kier alpha value is -4.08. The monoisotopic (exact) mass is 774 g/mol. The summed E-state index contributed by atoms with van der Waals surface area (Å²) in [6.07, 6.45) is 0.900. The van der Waals surface area contributed by atoms with E-state index in [0.29, 0.717) is 25.8 Å². The first-order valence-electron chi connectivity index (χ1n) is 19.3. The summed E-state index contributed by atoms with van der Waals surface area (Å²) in [6, 6.07) is 6.74. The third-order valence-corrected chi connectivity index (χ3v) is 10.8. The number of methoxy groups -OCH3 is 3. The Bertz CT molecular complexity index is 1410. The van der Waals surface area contributed by atoms with Gasteiger partial charge in [-0.05, 0) is 37.3 Å². The zero-order valence-electron chi connectivity index (χ0n) is 34.8. The van der Waals surface area contributed by atoms with Crippen molar-refractivity contribution in [3.05, 3.63) is 35.9 Å². The lowest BCUT2D eigenvalue weighted by atomic mass is 9.90. The van der Waals surface area contributed by atoms with E-state index in [2.05, 4.69) is 16.0 Å². The van der Waals surface area contributed by atoms with Crippen molar-refractivity contribution < 1.29 is 43.0 Å². The van der Waals surface area contributed by atoms with Crippen molar-refractivity contribution in [3.63, 3.8) is 0 Å². The molecule has 15 nitrogen and oxygen atoms in total. The Morgan fingerprint density at radius 3 is 2.07 bits per heavy atom. The molecule has 2 rings (SSSR count). The molecule has 1 fully saturated rings. The molecule has 8 atom stereocenters. The van der Waals surface area contributed by atoms with Gasteiger partial charge in [0, 0.05) is 41.3 Å². The number of rotatable bonds is 22. The number of amides is 5. The molecule has 0 radical (unpaired) electrons. The smallest absolute Gasteiger partial charge is 0.328 e. The predicted molar refractivity (Wildman–Crippen MR) is 209 cm³/mol. The first kappa shape index (κ1) is 47.1. The lowest BCUT2D eigenvalue weighted by molar-refractivity contribution is -0.148. The van der Waals surface area contributed by atoms with Crippen LogP contribution in [-0.4, -0.2) is 149 Å². The van der Waals surface area contributed by atoms with E-state index in [1.807, 2.05) is 58.0 Å². The first-order chi connectivity index (χ1) is 26.1. The Morgan fingerprint density at radius 2 is 1.53 bits per heavy atom. The van der Waals surface area contributed by atoms with E-state index in [1.165, 1.54) is 31.1 Å². The second-order valence-electron chi connectivity index (χ2n) is 14.9. The van der Waals surface area contributed by atoms with Crippen molar-refractivity contribution in [3.8, 4) is 0 Å². The summed E-state index contributed by atoms with van der Waals surface area (Å²) >= 11 is 0. The molecule has 0 aliphatic carbocycles. The van der Waals surface area contributed by atoms with Crippen molar-refractivity contribution in [1.29, 1.82) is 0 Å². The maximum Gasteiger partial charge on any atom is 0.328 e. The van der Waals surface area contributed by atoms with E-state index in [-0.39, 0.29) is 55.5 Å². The van der Waals surface area contributed by atoms with Crippen molar-refractivity contribution in [1.82, 2.24) is 30.7 Å². The van der Waals surface area contributed by atoms with Crippen LogP contribution >= 0.6 is 0 Å². The molecule has 310 valence electrons. The van der Waals surface area contributed by atoms with E-state index in [9.17, 15) is 28.8 Å². The van der Waals surface area contributed by atoms with Crippen LogP contribution in [0.4, 0.5) is 0 Å². The van der Waals surface area contributed by atoms with Gasteiger partial charge in [0.1, 0.15) is 12.1 Å². The molecule has 0 aromatic heterocycles. The number of esters is 1. The number of hydrogen-bond donors (Lipinski definition) is 3. The minimum absolute atomic E-state index is 0.0295. The predicted octanol–water partition coefficient (Wildman–Crippen LogP) is 1.63. The molecule has 1 heterocycles. The molecule has 3 N–H and O–H groups in total. The van der Waals surface area contributed by atoms with Gasteiger partial charge in [0.05, 0.1) is 56.8 Å². The topological polar surface area (TPSA) is 176 Å². The Morgan fingerprint density at radius 1 is 0.891 bits per heavy atom. The van der Waals surface area contributed by atoms with Gasteiger partial charge >= 0.3 is 5.97 Å². The average molecular weight is 775 g/mol. The lowest BCUT2D eigenvalue weighted by Gasteiger charge is -2.39. The standard InChI is InChI=1S/C40H66N6O9/c1-12-26(4)36(45(8)34(49)24-42-39(51)35(25(2)3)44(7)33(48)23-41-6)31(53-9)22-32(47)46-20-16-19-30(46)37(54-10)27(5)38(50)43-29(40(52)55-11)21-28-17-14-13-15-18-28/h13-15,17-18,25-27,29-31,35-37,41H,12,16,19-24H2,1-11H3,(H,42,51)(H,43,50)/t26-,27+,29-,30-,31+,35?,36?,37+/m0/s1. The normalized spacial score (nSPS) is 18.0. The van der Waals surface area contributed by atoms with E-state index in [0.717, 1.165) is 5.56 Å². The summed E-state index contributed by atoms with van der Waals surface area (Å²) in [5.41, 5.74) is 0.864. The van der Waals surface area contributed by atoms with Gasteiger partial charge in [-0.2, -0.15) is 0 Å². The van der Waals surface area contributed by atoms with Gasteiger partial charge in [-0.1, -0.05) is 71.4 Å². The van der Waals surface area contributed by atoms with Gasteiger partial charge in [-0.25, -0.2) is 4.79 Å². The zero-order valence-corrected chi connectivity index (χ0v) is 34.8. The molecular weight excluding hydrogens is 708 g/mol. The van der Waals surface area contributed by atoms with Gasteiger partial charge in [0.25, 0.3) is 0 Å². The number of hydrogen-bond acceptors (Lipinski definition) is 10. The molecule has 1 aromatic rings. The molecule has 0 saturated carbocycles. The summed E-state index contributed by atoms with van der Waals surface area (Å²) in [5, 5.41) is 8.36. The van der Waals surface area contributed by atoms with Crippen LogP contribution in [0, 0.1) is 17.8 Å². The largest absolute Gasteiger partial charge is 0.467 e. The molecule has 55 heavy (non-hydrogen) atoms. The van der Waals surface area contributed by atoms with Crippen molar-refractivity contribution in [2.45, 2.75) is 103 Å². The van der Waals surface area contributed by atoms with E-state index in [4.69, 9.17) is 14.2 Å². The number of carbonyl (C=O) groups is 6. The summed E-state index contributed by atoms with van der Waals surface area (Å²) < 4.78 is 16.8. The molecule has 0 bridgehead atoms. The second-order valence-corrected chi connectivity index (χ2v) is 14.9. The van der Waals surface area contributed by atoms with Crippen LogP contribution in [-0.2, 0) is 49.4 Å². The molecule has 1 aliphatic rings. The number of likely N-dealkylation sites (tertiary alicyclic amines) is 1. The Balaban J connectivity index is 2.19. The quantitative estimate of drug-likeness (QED) is 0.147. The van der Waals surface area contributed by atoms with Gasteiger partial charge in [0.2, 0.25) is 29.5 Å². The SMILES string of the molecule is CC[C@H](C)C([C@@H](CC(=O)N1CCC[C@H]1[C@H](OC)[C@@H](C)C(=O)N[C@@H](Cc1ccccc1)C(=O)OC)OC)N(C)C(=O)CNC(=O)C(C(C)C)N(C)C(=O)CNC. The van der Waals surface area contributed by atoms with E-state index in [1.54, 1.807) is 33.0 Å². The summed E-state index contributed by atoms with van der Waals surface area (Å²) in [4.78, 5) is 84.4. The lowest BCUT2D eigenvalue weighted by Crippen LogP contribution is -2.56. The van der Waals surface area contributed by atoms with Crippen LogP contribution < -0.4 is 16.0 Å². The fourth-order valence-corrected chi connectivity index (χ4v) is 7.56. The second kappa shape index (κ2) is 23.1. The molecular formula is C40H66N6O9. The van der Waals surface area contributed by atoms with E-state index < -0.39 is 60.1 Å². The van der Waals surface area contributed by atoms with Crippen molar-refractivity contribution in [2.75, 3.05) is 62.1 Å². The highest BCUT2D eigenvalue weighted by molar-refractivity contribution is 5.91. The van der Waals surface area contributed by atoms with E-state index >= 15 is 0 Å². The number of benzene rings is 1. The molecule has 1 saturated heterocycles. The summed E-state index contributed by atoms with van der Waals surface area (Å²) in [7, 11) is 9.16. The molecule has 2 unspecified atom stereocenters. The maximum absolute atomic E-state index is 14.1. The Labute approximate surface area is 327 Å². The molecule has 0 spiro atoms. The molecule has 5 amide bonds. The van der Waals surface area contributed by atoms with Gasteiger partial charge in [-0.3, -0.25) is 24.0 Å². The van der Waals surface area contributed by atoms with Crippen molar-refractivity contribution in [2.24, 2.45) is 17.8 Å². The first-order valence-corrected chi connectivity index (χ1v) is 19.3. The Kier molecular flexibility index (Phi) is 19.8. The van der Waals surface area contributed by atoms with Crippen LogP contribution in [0.15, 0.2) is 30.3 Å². The minimum atomic E-state index is -0.903. The number of nitrogens with one attached hydrogen (secondary N) is 3. The highest BCUT2D eigenvalue weighted by Gasteiger charge is 2.42. The maximum atomic E-state index is 14.1. The highest BCUT2D eigenvalue weighted by Crippen LogP contribution is 2.29. The minimum Gasteiger partial charge on any atom is -0.467 e. The van der Waals surface area contributed by atoms with Crippen molar-refractivity contribution >= 4 is 35.5 Å². The highest BCUT2D eigenvalue weighted by atomic mass is 16.5. The molecule has 1 aliphatic heterocycles.